The first kappa shape index (κ1) is 29.0. The van der Waals surface area contributed by atoms with Crippen LogP contribution in [-0.2, 0) is 24.7 Å². The number of sulfonamides is 1. The first-order valence-electron chi connectivity index (χ1n) is 11.9. The zero-order chi connectivity index (χ0) is 29.4. The average molecular weight is 587 g/mol. The molecule has 0 aliphatic rings. The monoisotopic (exact) mass is 586 g/mol. The van der Waals surface area contributed by atoms with Crippen molar-refractivity contribution in [2.24, 2.45) is 0 Å². The smallest absolute Gasteiger partial charge is 0.324 e. The number of sulfone groups is 1. The van der Waals surface area contributed by atoms with Gasteiger partial charge in [0.25, 0.3) is 5.91 Å². The normalized spacial score (nSPS) is 13.6. The van der Waals surface area contributed by atoms with Gasteiger partial charge in [0.2, 0.25) is 10.0 Å². The van der Waals surface area contributed by atoms with Crippen molar-refractivity contribution in [3.05, 3.63) is 78.1 Å². The molecule has 0 saturated carbocycles. The van der Waals surface area contributed by atoms with E-state index in [0.29, 0.717) is 27.8 Å². The molecular weight excluding hydrogens is 560 g/mol. The lowest BCUT2D eigenvalue weighted by Gasteiger charge is -2.17. The lowest BCUT2D eigenvalue weighted by molar-refractivity contribution is -0.141. The number of aliphatic hydroxyl groups excluding tert-OH is 1. The second kappa shape index (κ2) is 10.8. The largest absolute Gasteiger partial charge is 0.480 e. The number of hydrogen-bond donors (Lipinski definition) is 4. The van der Waals surface area contributed by atoms with Gasteiger partial charge in [-0.05, 0) is 61.4 Å². The minimum Gasteiger partial charge on any atom is -0.480 e. The minimum atomic E-state index is -4.20. The van der Waals surface area contributed by atoms with Crippen molar-refractivity contribution in [3.63, 3.8) is 0 Å². The van der Waals surface area contributed by atoms with E-state index in [1.807, 2.05) is 4.72 Å². The van der Waals surface area contributed by atoms with Crippen LogP contribution < -0.4 is 10.0 Å². The summed E-state index contributed by atoms with van der Waals surface area (Å²) >= 11 is 0. The van der Waals surface area contributed by atoms with Gasteiger partial charge in [-0.3, -0.25) is 9.59 Å². The van der Waals surface area contributed by atoms with Crippen LogP contribution in [0.5, 0.6) is 0 Å². The molecule has 40 heavy (non-hydrogen) atoms. The van der Waals surface area contributed by atoms with Gasteiger partial charge in [-0.2, -0.15) is 4.72 Å². The highest BCUT2D eigenvalue weighted by molar-refractivity contribution is 7.91. The molecule has 4 N–H and O–H groups in total. The molecule has 3 aromatic carbocycles. The summed E-state index contributed by atoms with van der Waals surface area (Å²) in [6, 6.07) is 15.3. The number of carboxylic acids is 1. The number of amides is 1. The molecule has 2 unspecified atom stereocenters. The molecule has 1 heterocycles. The molecular formula is C27H26N2O9S2. The van der Waals surface area contributed by atoms with Gasteiger partial charge in [0, 0.05) is 22.9 Å². The molecule has 0 fully saturated rings. The summed E-state index contributed by atoms with van der Waals surface area (Å²) in [6.45, 7) is 2.78. The number of benzene rings is 3. The molecule has 210 valence electrons. The van der Waals surface area contributed by atoms with Gasteiger partial charge < -0.3 is 19.9 Å². The fourth-order valence-corrected chi connectivity index (χ4v) is 6.35. The lowest BCUT2D eigenvalue weighted by Crippen LogP contribution is -2.47. The number of anilines is 1. The number of furan rings is 1. The van der Waals surface area contributed by atoms with Gasteiger partial charge >= 0.3 is 5.97 Å². The molecule has 1 amide bonds. The molecule has 0 saturated heterocycles. The summed E-state index contributed by atoms with van der Waals surface area (Å²) in [6.07, 6.45) is -0.350. The van der Waals surface area contributed by atoms with Crippen molar-refractivity contribution in [2.45, 2.75) is 35.8 Å². The zero-order valence-electron chi connectivity index (χ0n) is 21.6. The maximum absolute atomic E-state index is 12.9. The van der Waals surface area contributed by atoms with E-state index in [1.165, 1.54) is 37.3 Å². The third-order valence-corrected chi connectivity index (χ3v) is 8.79. The van der Waals surface area contributed by atoms with Gasteiger partial charge in [0.1, 0.15) is 11.6 Å². The molecule has 4 rings (SSSR count). The van der Waals surface area contributed by atoms with Gasteiger partial charge in [-0.1, -0.05) is 30.3 Å². The number of rotatable bonds is 9. The Balaban J connectivity index is 1.51. The highest BCUT2D eigenvalue weighted by atomic mass is 32.2. The van der Waals surface area contributed by atoms with E-state index in [0.717, 1.165) is 6.26 Å². The van der Waals surface area contributed by atoms with Crippen molar-refractivity contribution in [3.8, 4) is 11.1 Å². The number of nitrogens with one attached hydrogen (secondary N) is 2. The third kappa shape index (κ3) is 5.92. The Bertz CT molecular complexity index is 1810. The average Bonchev–Trinajstić information content (AvgIpc) is 3.23. The van der Waals surface area contributed by atoms with E-state index in [4.69, 9.17) is 9.52 Å². The molecule has 4 aromatic rings. The van der Waals surface area contributed by atoms with E-state index < -0.39 is 43.9 Å². The highest BCUT2D eigenvalue weighted by Gasteiger charge is 2.29. The summed E-state index contributed by atoms with van der Waals surface area (Å²) in [5.41, 5.74) is 2.49. The molecule has 0 spiro atoms. The van der Waals surface area contributed by atoms with E-state index in [1.54, 1.807) is 43.3 Å². The van der Waals surface area contributed by atoms with E-state index in [9.17, 15) is 31.5 Å². The Kier molecular flexibility index (Phi) is 7.85. The first-order chi connectivity index (χ1) is 18.7. The SMILES string of the molecule is Cc1c(C(=O)Nc2ccc(-c3ccc(S(=O)(=O)NC(C(=O)O)C(C)O)cc3)cc2)oc2cccc(S(C)(=O)=O)c12. The van der Waals surface area contributed by atoms with Crippen molar-refractivity contribution >= 4 is 48.4 Å². The maximum Gasteiger partial charge on any atom is 0.324 e. The standard InChI is InChI=1S/C27H26N2O9S2/c1-15-23-21(5-4-6-22(23)39(3,34)35)38-25(15)26(31)28-19-11-7-17(8-12-19)18-9-13-20(14-10-18)40(36,37)29-24(16(2)30)27(32)33/h4-14,16,24,29-30H,1-3H3,(H,28,31)(H,32,33). The minimum absolute atomic E-state index is 0.0127. The molecule has 0 bridgehead atoms. The zero-order valence-corrected chi connectivity index (χ0v) is 23.2. The summed E-state index contributed by atoms with van der Waals surface area (Å²) in [7, 11) is -7.74. The van der Waals surface area contributed by atoms with E-state index in [-0.39, 0.29) is 21.1 Å². The second-order valence-electron chi connectivity index (χ2n) is 9.19. The maximum atomic E-state index is 12.9. The Morgan fingerprint density at radius 3 is 2.00 bits per heavy atom. The summed E-state index contributed by atoms with van der Waals surface area (Å²) in [4.78, 5) is 24.1. The van der Waals surface area contributed by atoms with Crippen LogP contribution in [0.15, 0.2) is 80.9 Å². The lowest BCUT2D eigenvalue weighted by atomic mass is 10.1. The predicted molar refractivity (Wildman–Crippen MR) is 147 cm³/mol. The fourth-order valence-electron chi connectivity index (χ4n) is 4.14. The van der Waals surface area contributed by atoms with Crippen LogP contribution in [0, 0.1) is 6.92 Å². The van der Waals surface area contributed by atoms with Crippen LogP contribution in [0.1, 0.15) is 23.0 Å². The predicted octanol–water partition coefficient (Wildman–Crippen LogP) is 3.18. The number of aryl methyl sites for hydroxylation is 1. The summed E-state index contributed by atoms with van der Waals surface area (Å²) < 4.78 is 57.1. The van der Waals surface area contributed by atoms with Crippen LogP contribution in [0.3, 0.4) is 0 Å². The fraction of sp³-hybridized carbons (Fsp3) is 0.185. The highest BCUT2D eigenvalue weighted by Crippen LogP contribution is 2.32. The van der Waals surface area contributed by atoms with Crippen LogP contribution in [-0.4, -0.2) is 57.3 Å². The van der Waals surface area contributed by atoms with Gasteiger partial charge in [-0.15, -0.1) is 0 Å². The Hall–Kier alpha value is -4.04. The Labute approximate surface area is 230 Å². The molecule has 13 heteroatoms. The number of carboxylic acid groups (broad SMARTS) is 1. The van der Waals surface area contributed by atoms with Gasteiger partial charge in [0.15, 0.2) is 15.6 Å². The number of aliphatic carboxylic acids is 1. The number of carbonyl (C=O) groups excluding carboxylic acids is 1. The van der Waals surface area contributed by atoms with Crippen LogP contribution in [0.4, 0.5) is 5.69 Å². The van der Waals surface area contributed by atoms with Gasteiger partial charge in [0.05, 0.1) is 15.9 Å². The number of carbonyl (C=O) groups is 2. The molecule has 11 nitrogen and oxygen atoms in total. The van der Waals surface area contributed by atoms with Crippen LogP contribution in [0.2, 0.25) is 0 Å². The van der Waals surface area contributed by atoms with Crippen molar-refractivity contribution in [2.75, 3.05) is 11.6 Å². The second-order valence-corrected chi connectivity index (χ2v) is 12.9. The molecule has 0 aliphatic carbocycles. The summed E-state index contributed by atoms with van der Waals surface area (Å²) in [5.74, 6) is -2.07. The van der Waals surface area contributed by atoms with Gasteiger partial charge in [-0.25, -0.2) is 16.8 Å². The quantitative estimate of drug-likeness (QED) is 0.229. The van der Waals surface area contributed by atoms with E-state index >= 15 is 0 Å². The molecule has 0 aliphatic heterocycles. The van der Waals surface area contributed by atoms with Crippen molar-refractivity contribution < 1.29 is 41.1 Å². The number of aliphatic hydroxyl groups is 1. The number of fused-ring (bicyclic) bond motifs is 1. The Morgan fingerprint density at radius 1 is 0.900 bits per heavy atom. The molecule has 1 aromatic heterocycles. The third-order valence-electron chi connectivity index (χ3n) is 6.19. The van der Waals surface area contributed by atoms with Crippen LogP contribution in [0.25, 0.3) is 22.1 Å². The van der Waals surface area contributed by atoms with Crippen LogP contribution >= 0.6 is 0 Å². The molecule has 2 atom stereocenters. The Morgan fingerprint density at radius 2 is 1.48 bits per heavy atom. The first-order valence-corrected chi connectivity index (χ1v) is 15.2. The molecule has 0 radical (unpaired) electrons. The van der Waals surface area contributed by atoms with Crippen molar-refractivity contribution in [1.29, 1.82) is 0 Å². The topological polar surface area (TPSA) is 180 Å². The summed E-state index contributed by atoms with van der Waals surface area (Å²) in [5, 5.41) is 21.8. The van der Waals surface area contributed by atoms with Crippen molar-refractivity contribution in [1.82, 2.24) is 4.72 Å². The number of hydrogen-bond acceptors (Lipinski definition) is 8. The van der Waals surface area contributed by atoms with E-state index in [2.05, 4.69) is 5.32 Å².